The molecule has 3 unspecified atom stereocenters. The van der Waals surface area contributed by atoms with Crippen LogP contribution in [0.2, 0.25) is 0 Å². The standard InChI is InChI=1S/C33H39F2N3O2/c1-23-20-38(21-24(2)36-23)32(25-6-4-3-5-7-25)26-16-18-37(19-17-26)31(39)22-40-33(27-8-12-29(34)13-9-27)28-10-14-30(35)15-11-28/h3-15,23-24,26,32-33,36H,16-22H2,1-2H3. The Bertz CT molecular complexity index is 1180. The normalized spacial score (nSPS) is 21.5. The Morgan fingerprint density at radius 1 is 0.825 bits per heavy atom. The lowest BCUT2D eigenvalue weighted by atomic mass is 9.83. The zero-order valence-corrected chi connectivity index (χ0v) is 23.3. The monoisotopic (exact) mass is 547 g/mol. The second-order valence-electron chi connectivity index (χ2n) is 11.3. The SMILES string of the molecule is CC1CN(C(c2ccccc2)C2CCN(C(=O)COC(c3ccc(F)cc3)c3ccc(F)cc3)CC2)CC(C)N1. The lowest BCUT2D eigenvalue weighted by molar-refractivity contribution is -0.139. The number of halogens is 2. The zero-order chi connectivity index (χ0) is 28.1. The van der Waals surface area contributed by atoms with Crippen molar-refractivity contribution < 1.29 is 18.3 Å². The quantitative estimate of drug-likeness (QED) is 0.391. The van der Waals surface area contributed by atoms with Crippen LogP contribution >= 0.6 is 0 Å². The van der Waals surface area contributed by atoms with Gasteiger partial charge >= 0.3 is 0 Å². The molecule has 0 radical (unpaired) electrons. The largest absolute Gasteiger partial charge is 0.359 e. The Kier molecular flexibility index (Phi) is 9.25. The zero-order valence-electron chi connectivity index (χ0n) is 23.3. The Hall–Kier alpha value is -3.13. The number of piperazine rings is 1. The van der Waals surface area contributed by atoms with E-state index in [9.17, 15) is 13.6 Å². The molecule has 3 atom stereocenters. The first-order chi connectivity index (χ1) is 19.4. The molecule has 2 heterocycles. The van der Waals surface area contributed by atoms with Gasteiger partial charge in [0.2, 0.25) is 5.91 Å². The van der Waals surface area contributed by atoms with E-state index < -0.39 is 6.10 Å². The van der Waals surface area contributed by atoms with Gasteiger partial charge in [-0.25, -0.2) is 8.78 Å². The molecule has 0 aliphatic carbocycles. The number of rotatable bonds is 8. The molecule has 2 fully saturated rings. The van der Waals surface area contributed by atoms with E-state index in [0.717, 1.165) is 25.9 Å². The van der Waals surface area contributed by atoms with E-state index in [-0.39, 0.29) is 24.1 Å². The number of hydrogen-bond donors (Lipinski definition) is 1. The van der Waals surface area contributed by atoms with Crippen molar-refractivity contribution in [3.8, 4) is 0 Å². The van der Waals surface area contributed by atoms with Gasteiger partial charge in [-0.05, 0) is 73.6 Å². The molecule has 1 N–H and O–H groups in total. The minimum Gasteiger partial charge on any atom is -0.359 e. The highest BCUT2D eigenvalue weighted by atomic mass is 19.1. The third kappa shape index (κ3) is 6.95. The average molecular weight is 548 g/mol. The van der Waals surface area contributed by atoms with Gasteiger partial charge in [0.15, 0.2) is 0 Å². The van der Waals surface area contributed by atoms with E-state index in [0.29, 0.717) is 48.3 Å². The van der Waals surface area contributed by atoms with Gasteiger partial charge in [0, 0.05) is 44.3 Å². The average Bonchev–Trinajstić information content (AvgIpc) is 2.95. The van der Waals surface area contributed by atoms with Gasteiger partial charge in [0.25, 0.3) is 0 Å². The fourth-order valence-electron chi connectivity index (χ4n) is 6.40. The molecule has 0 bridgehead atoms. The Morgan fingerprint density at radius 2 is 1.35 bits per heavy atom. The number of carbonyl (C=O) groups excluding carboxylic acids is 1. The molecule has 5 nitrogen and oxygen atoms in total. The van der Waals surface area contributed by atoms with Crippen molar-refractivity contribution in [2.75, 3.05) is 32.8 Å². The molecule has 212 valence electrons. The number of piperidine rings is 1. The Morgan fingerprint density at radius 3 is 1.88 bits per heavy atom. The molecule has 1 amide bonds. The van der Waals surface area contributed by atoms with Gasteiger partial charge < -0.3 is 15.0 Å². The Labute approximate surface area is 236 Å². The highest BCUT2D eigenvalue weighted by Gasteiger charge is 2.36. The third-order valence-electron chi connectivity index (χ3n) is 8.18. The summed E-state index contributed by atoms with van der Waals surface area (Å²) in [5.41, 5.74) is 2.77. The van der Waals surface area contributed by atoms with Crippen LogP contribution in [0.5, 0.6) is 0 Å². The van der Waals surface area contributed by atoms with Crippen LogP contribution in [0.1, 0.15) is 55.5 Å². The van der Waals surface area contributed by atoms with Crippen molar-refractivity contribution in [2.45, 2.75) is 50.9 Å². The lowest BCUT2D eigenvalue weighted by Gasteiger charge is -2.46. The topological polar surface area (TPSA) is 44.8 Å². The third-order valence-corrected chi connectivity index (χ3v) is 8.18. The lowest BCUT2D eigenvalue weighted by Crippen LogP contribution is -2.56. The molecule has 40 heavy (non-hydrogen) atoms. The van der Waals surface area contributed by atoms with E-state index >= 15 is 0 Å². The second-order valence-corrected chi connectivity index (χ2v) is 11.3. The molecule has 2 aliphatic rings. The van der Waals surface area contributed by atoms with Crippen LogP contribution in [0.4, 0.5) is 8.78 Å². The molecule has 2 saturated heterocycles. The number of ether oxygens (including phenoxy) is 1. The molecule has 3 aromatic rings. The summed E-state index contributed by atoms with van der Waals surface area (Å²) < 4.78 is 33.2. The molecular weight excluding hydrogens is 508 g/mol. The highest BCUT2D eigenvalue weighted by Crippen LogP contribution is 2.37. The number of nitrogens with zero attached hydrogens (tertiary/aromatic N) is 2. The van der Waals surface area contributed by atoms with Crippen LogP contribution in [0.3, 0.4) is 0 Å². The van der Waals surface area contributed by atoms with Gasteiger partial charge in [-0.2, -0.15) is 0 Å². The molecule has 2 aliphatic heterocycles. The van der Waals surface area contributed by atoms with Gasteiger partial charge in [-0.15, -0.1) is 0 Å². The summed E-state index contributed by atoms with van der Waals surface area (Å²) in [4.78, 5) is 17.8. The summed E-state index contributed by atoms with van der Waals surface area (Å²) in [5.74, 6) is -0.303. The van der Waals surface area contributed by atoms with E-state index in [1.54, 1.807) is 24.3 Å². The minimum atomic E-state index is -0.596. The number of benzene rings is 3. The molecular formula is C33H39F2N3O2. The van der Waals surface area contributed by atoms with Crippen LogP contribution in [0.15, 0.2) is 78.9 Å². The van der Waals surface area contributed by atoms with Gasteiger partial charge in [0.1, 0.15) is 24.3 Å². The fraction of sp³-hybridized carbons (Fsp3) is 0.424. The molecule has 3 aromatic carbocycles. The second kappa shape index (κ2) is 13.0. The first kappa shape index (κ1) is 28.4. The smallest absolute Gasteiger partial charge is 0.248 e. The number of carbonyl (C=O) groups is 1. The summed E-state index contributed by atoms with van der Waals surface area (Å²) in [7, 11) is 0. The Balaban J connectivity index is 1.24. The van der Waals surface area contributed by atoms with E-state index in [2.05, 4.69) is 54.4 Å². The van der Waals surface area contributed by atoms with E-state index in [1.807, 2.05) is 4.90 Å². The molecule has 0 spiro atoms. The van der Waals surface area contributed by atoms with Crippen LogP contribution in [0, 0.1) is 17.6 Å². The van der Waals surface area contributed by atoms with Crippen LogP contribution < -0.4 is 5.32 Å². The molecule has 5 rings (SSSR count). The predicted molar refractivity (Wildman–Crippen MR) is 153 cm³/mol. The van der Waals surface area contributed by atoms with Crippen molar-refractivity contribution in [1.82, 2.24) is 15.1 Å². The van der Waals surface area contributed by atoms with Crippen LogP contribution in [-0.4, -0.2) is 60.6 Å². The summed E-state index contributed by atoms with van der Waals surface area (Å²) in [6.45, 7) is 7.78. The first-order valence-electron chi connectivity index (χ1n) is 14.3. The minimum absolute atomic E-state index is 0.0617. The number of amides is 1. The van der Waals surface area contributed by atoms with Crippen molar-refractivity contribution in [1.29, 1.82) is 0 Å². The number of hydrogen-bond acceptors (Lipinski definition) is 4. The number of likely N-dealkylation sites (tertiary alicyclic amines) is 1. The molecule has 0 aromatic heterocycles. The maximum absolute atomic E-state index is 13.6. The maximum Gasteiger partial charge on any atom is 0.248 e. The van der Waals surface area contributed by atoms with Crippen molar-refractivity contribution in [3.63, 3.8) is 0 Å². The fourth-order valence-corrected chi connectivity index (χ4v) is 6.40. The highest BCUT2D eigenvalue weighted by molar-refractivity contribution is 5.77. The first-order valence-corrected chi connectivity index (χ1v) is 14.3. The van der Waals surface area contributed by atoms with Crippen LogP contribution in [-0.2, 0) is 9.53 Å². The van der Waals surface area contributed by atoms with Crippen molar-refractivity contribution in [2.24, 2.45) is 5.92 Å². The van der Waals surface area contributed by atoms with Gasteiger partial charge in [-0.1, -0.05) is 54.6 Å². The van der Waals surface area contributed by atoms with E-state index in [4.69, 9.17) is 4.74 Å². The summed E-state index contributed by atoms with van der Waals surface area (Å²) in [6, 6.07) is 24.0. The van der Waals surface area contributed by atoms with Gasteiger partial charge in [-0.3, -0.25) is 9.69 Å². The number of nitrogens with one attached hydrogen (secondary N) is 1. The predicted octanol–water partition coefficient (Wildman–Crippen LogP) is 5.73. The summed E-state index contributed by atoms with van der Waals surface area (Å²) >= 11 is 0. The maximum atomic E-state index is 13.6. The van der Waals surface area contributed by atoms with Crippen LogP contribution in [0.25, 0.3) is 0 Å². The van der Waals surface area contributed by atoms with E-state index in [1.165, 1.54) is 29.8 Å². The summed E-state index contributed by atoms with van der Waals surface area (Å²) in [6.07, 6.45) is 1.26. The van der Waals surface area contributed by atoms with Crippen molar-refractivity contribution >= 4 is 5.91 Å². The van der Waals surface area contributed by atoms with Gasteiger partial charge in [0.05, 0.1) is 0 Å². The molecule has 7 heteroatoms. The summed E-state index contributed by atoms with van der Waals surface area (Å²) in [5, 5.41) is 3.65. The van der Waals surface area contributed by atoms with Crippen molar-refractivity contribution in [3.05, 3.63) is 107 Å². The molecule has 0 saturated carbocycles.